The van der Waals surface area contributed by atoms with Gasteiger partial charge in [0.1, 0.15) is 0 Å². The van der Waals surface area contributed by atoms with Crippen molar-refractivity contribution in [3.8, 4) is 11.1 Å². The van der Waals surface area contributed by atoms with Gasteiger partial charge in [-0.1, -0.05) is 36.4 Å². The van der Waals surface area contributed by atoms with E-state index in [0.29, 0.717) is 30.2 Å². The van der Waals surface area contributed by atoms with Crippen LogP contribution in [0.2, 0.25) is 0 Å². The first kappa shape index (κ1) is 31.7. The second-order valence-corrected chi connectivity index (χ2v) is 11.4. The SMILES string of the molecule is CC(C)(C(=O)O)C1CCc2cc(-c3ccc(NC(=O)Nc4cccc(C(F)(F)F)c4)cc3)ccc2C1=O.CC1CCCO1. The zero-order valence-electron chi connectivity index (χ0n) is 24.3. The average Bonchev–Trinajstić information content (AvgIpc) is 3.44. The number of aryl methyl sites for hydroxylation is 1. The second kappa shape index (κ2) is 13.0. The summed E-state index contributed by atoms with van der Waals surface area (Å²) in [7, 11) is 0. The number of aliphatic carboxylic acids is 1. The van der Waals surface area contributed by atoms with E-state index in [1.807, 2.05) is 6.07 Å². The van der Waals surface area contributed by atoms with Crippen molar-refractivity contribution in [3.05, 3.63) is 83.4 Å². The molecular formula is C33H35F3N2O5. The number of rotatable bonds is 5. The normalized spacial score (nSPS) is 18.2. The summed E-state index contributed by atoms with van der Waals surface area (Å²) >= 11 is 0. The van der Waals surface area contributed by atoms with Gasteiger partial charge in [0, 0.05) is 29.5 Å². The molecule has 1 fully saturated rings. The van der Waals surface area contributed by atoms with Gasteiger partial charge in [-0.3, -0.25) is 9.59 Å². The van der Waals surface area contributed by atoms with Crippen LogP contribution in [0, 0.1) is 11.3 Å². The Hall–Kier alpha value is -4.18. The van der Waals surface area contributed by atoms with Crippen LogP contribution >= 0.6 is 0 Å². The molecule has 7 nitrogen and oxygen atoms in total. The number of amides is 2. The van der Waals surface area contributed by atoms with E-state index in [4.69, 9.17) is 4.74 Å². The number of nitrogens with one attached hydrogen (secondary N) is 2. The van der Waals surface area contributed by atoms with E-state index in [2.05, 4.69) is 17.6 Å². The summed E-state index contributed by atoms with van der Waals surface area (Å²) in [5.41, 5.74) is 1.56. The lowest BCUT2D eigenvalue weighted by atomic mass is 9.68. The predicted octanol–water partition coefficient (Wildman–Crippen LogP) is 8.06. The van der Waals surface area contributed by atoms with Gasteiger partial charge in [0.2, 0.25) is 0 Å². The molecule has 0 radical (unpaired) electrons. The van der Waals surface area contributed by atoms with Crippen molar-refractivity contribution >= 4 is 29.2 Å². The van der Waals surface area contributed by atoms with Crippen molar-refractivity contribution in [3.63, 3.8) is 0 Å². The van der Waals surface area contributed by atoms with Gasteiger partial charge >= 0.3 is 18.2 Å². The molecule has 0 saturated carbocycles. The van der Waals surface area contributed by atoms with E-state index >= 15 is 0 Å². The van der Waals surface area contributed by atoms with Crippen LogP contribution in [0.25, 0.3) is 11.1 Å². The van der Waals surface area contributed by atoms with Crippen LogP contribution in [0.1, 0.15) is 61.5 Å². The van der Waals surface area contributed by atoms with Crippen LogP contribution in [0.4, 0.5) is 29.3 Å². The first-order valence-corrected chi connectivity index (χ1v) is 14.1. The molecule has 10 heteroatoms. The van der Waals surface area contributed by atoms with E-state index in [0.717, 1.165) is 35.4 Å². The molecule has 2 unspecified atom stereocenters. The molecule has 1 aliphatic carbocycles. The number of carbonyl (C=O) groups excluding carboxylic acids is 2. The number of hydrogen-bond donors (Lipinski definition) is 3. The van der Waals surface area contributed by atoms with E-state index < -0.39 is 35.1 Å². The number of hydrogen-bond acceptors (Lipinski definition) is 4. The van der Waals surface area contributed by atoms with Crippen LogP contribution in [-0.2, 0) is 22.1 Å². The Morgan fingerprint density at radius 1 is 0.907 bits per heavy atom. The highest BCUT2D eigenvalue weighted by molar-refractivity contribution is 6.03. The minimum Gasteiger partial charge on any atom is -0.481 e. The summed E-state index contributed by atoms with van der Waals surface area (Å²) in [6, 6.07) is 16.0. The molecular weight excluding hydrogens is 561 g/mol. The molecule has 3 N–H and O–H groups in total. The Bertz CT molecular complexity index is 1480. The molecule has 5 rings (SSSR count). The summed E-state index contributed by atoms with van der Waals surface area (Å²) in [6.45, 7) is 6.26. The zero-order valence-corrected chi connectivity index (χ0v) is 24.3. The fraction of sp³-hybridized carbons (Fsp3) is 0.364. The second-order valence-electron chi connectivity index (χ2n) is 11.4. The summed E-state index contributed by atoms with van der Waals surface area (Å²) in [6.07, 6.45) is -0.388. The number of ketones is 1. The molecule has 1 aliphatic heterocycles. The van der Waals surface area contributed by atoms with Crippen molar-refractivity contribution in [2.75, 3.05) is 17.2 Å². The number of ether oxygens (including phenoxy) is 1. The minimum absolute atomic E-state index is 0.0153. The molecule has 3 aromatic rings. The first-order chi connectivity index (χ1) is 20.3. The third-order valence-corrected chi connectivity index (χ3v) is 7.89. The molecule has 0 aromatic heterocycles. The average molecular weight is 597 g/mol. The summed E-state index contributed by atoms with van der Waals surface area (Å²) in [4.78, 5) is 36.9. The van der Waals surface area contributed by atoms with E-state index in [1.54, 1.807) is 50.2 Å². The number of Topliss-reactive ketones (excluding diaryl/α,β-unsaturated/α-hetero) is 1. The molecule has 2 atom stereocenters. The third kappa shape index (κ3) is 7.81. The number of carboxylic acid groups (broad SMARTS) is 1. The fourth-order valence-corrected chi connectivity index (χ4v) is 5.23. The Balaban J connectivity index is 0.000000628. The molecule has 0 spiro atoms. The van der Waals surface area contributed by atoms with Crippen LogP contribution in [0.15, 0.2) is 66.7 Å². The highest BCUT2D eigenvalue weighted by Crippen LogP contribution is 2.39. The van der Waals surface area contributed by atoms with Gasteiger partial charge in [-0.15, -0.1) is 0 Å². The molecule has 0 bridgehead atoms. The monoisotopic (exact) mass is 596 g/mol. The maximum absolute atomic E-state index is 13.0. The van der Waals surface area contributed by atoms with Gasteiger partial charge in [-0.2, -0.15) is 13.2 Å². The highest BCUT2D eigenvalue weighted by atomic mass is 19.4. The number of carboxylic acids is 1. The van der Waals surface area contributed by atoms with Gasteiger partial charge in [-0.25, -0.2) is 4.79 Å². The number of carbonyl (C=O) groups is 3. The van der Waals surface area contributed by atoms with E-state index in [1.165, 1.54) is 25.0 Å². The molecule has 43 heavy (non-hydrogen) atoms. The third-order valence-electron chi connectivity index (χ3n) is 7.89. The molecule has 2 aliphatic rings. The van der Waals surface area contributed by atoms with Gasteiger partial charge in [0.05, 0.1) is 17.1 Å². The first-order valence-electron chi connectivity index (χ1n) is 14.1. The van der Waals surface area contributed by atoms with Gasteiger partial charge in [0.25, 0.3) is 0 Å². The predicted molar refractivity (Wildman–Crippen MR) is 158 cm³/mol. The number of urea groups is 1. The van der Waals surface area contributed by atoms with Crippen molar-refractivity contribution in [2.24, 2.45) is 11.3 Å². The van der Waals surface area contributed by atoms with Crippen molar-refractivity contribution < 1.29 is 37.4 Å². The Labute approximate surface area is 248 Å². The van der Waals surface area contributed by atoms with Crippen molar-refractivity contribution in [2.45, 2.75) is 58.7 Å². The minimum atomic E-state index is -4.51. The number of anilines is 2. The van der Waals surface area contributed by atoms with E-state index in [-0.39, 0.29) is 11.5 Å². The number of fused-ring (bicyclic) bond motifs is 1. The van der Waals surface area contributed by atoms with Crippen molar-refractivity contribution in [1.29, 1.82) is 0 Å². The zero-order chi connectivity index (χ0) is 31.4. The van der Waals surface area contributed by atoms with E-state index in [9.17, 15) is 32.7 Å². The van der Waals surface area contributed by atoms with Crippen LogP contribution in [0.5, 0.6) is 0 Å². The quantitative estimate of drug-likeness (QED) is 0.276. The lowest BCUT2D eigenvalue weighted by Gasteiger charge is -2.33. The van der Waals surface area contributed by atoms with Crippen molar-refractivity contribution in [1.82, 2.24) is 0 Å². The standard InChI is InChI=1S/C28H25F3N2O4.C5H10O/c1-27(2,25(35)36)23-13-9-18-14-17(8-12-22(18)24(23)34)16-6-10-20(11-7-16)32-26(37)33-21-5-3-4-19(15-21)28(29,30)31;1-5-3-2-4-6-5/h3-8,10-12,14-15,23H,9,13H2,1-2H3,(H,35,36)(H2,32,33,37);5H,2-4H2,1H3. The van der Waals surface area contributed by atoms with Crippen LogP contribution < -0.4 is 10.6 Å². The van der Waals surface area contributed by atoms with Crippen LogP contribution in [0.3, 0.4) is 0 Å². The van der Waals surface area contributed by atoms with Gasteiger partial charge in [0.15, 0.2) is 5.78 Å². The fourth-order valence-electron chi connectivity index (χ4n) is 5.23. The Morgan fingerprint density at radius 2 is 1.58 bits per heavy atom. The summed E-state index contributed by atoms with van der Waals surface area (Å²) in [5.74, 6) is -1.74. The number of alkyl halides is 3. The lowest BCUT2D eigenvalue weighted by Crippen LogP contribution is -2.40. The van der Waals surface area contributed by atoms with Crippen LogP contribution in [-0.4, -0.2) is 35.6 Å². The molecule has 1 saturated heterocycles. The lowest BCUT2D eigenvalue weighted by molar-refractivity contribution is -0.149. The topological polar surface area (TPSA) is 105 Å². The largest absolute Gasteiger partial charge is 0.481 e. The highest BCUT2D eigenvalue weighted by Gasteiger charge is 2.43. The Morgan fingerprint density at radius 3 is 2.16 bits per heavy atom. The maximum atomic E-state index is 13.0. The number of halogens is 3. The van der Waals surface area contributed by atoms with Gasteiger partial charge in [-0.05, 0) is 93.5 Å². The molecule has 3 aromatic carbocycles. The molecule has 2 amide bonds. The maximum Gasteiger partial charge on any atom is 0.416 e. The summed E-state index contributed by atoms with van der Waals surface area (Å²) < 4.78 is 43.8. The smallest absolute Gasteiger partial charge is 0.416 e. The molecule has 1 heterocycles. The van der Waals surface area contributed by atoms with Gasteiger partial charge < -0.3 is 20.5 Å². The number of benzene rings is 3. The summed E-state index contributed by atoms with van der Waals surface area (Å²) in [5, 5.41) is 14.5. The Kier molecular flexibility index (Phi) is 9.59. The molecule has 228 valence electrons.